The first-order valence-electron chi connectivity index (χ1n) is 3.67. The van der Waals surface area contributed by atoms with Crippen molar-refractivity contribution in [2.24, 2.45) is 0 Å². The minimum atomic E-state index is -0.482. The van der Waals surface area contributed by atoms with Crippen LogP contribution in [0.4, 0.5) is 5.69 Å². The van der Waals surface area contributed by atoms with E-state index in [1.54, 1.807) is 12.1 Å². The molecule has 0 atom stereocenters. The summed E-state index contributed by atoms with van der Waals surface area (Å²) in [5.74, 6) is 0.466. The zero-order valence-electron chi connectivity index (χ0n) is 7.29. The van der Waals surface area contributed by atoms with E-state index in [2.05, 4.69) is 15.9 Å². The molecule has 14 heavy (non-hydrogen) atoms. The van der Waals surface area contributed by atoms with Crippen LogP contribution in [0.25, 0.3) is 0 Å². The van der Waals surface area contributed by atoms with Crippen LogP contribution in [0, 0.1) is 10.1 Å². The van der Waals surface area contributed by atoms with Crippen molar-refractivity contribution in [1.82, 2.24) is 0 Å². The van der Waals surface area contributed by atoms with Gasteiger partial charge in [0.2, 0.25) is 0 Å². The van der Waals surface area contributed by atoms with Gasteiger partial charge in [0.15, 0.2) is 0 Å². The molecule has 1 aromatic rings. The molecule has 0 saturated carbocycles. The lowest BCUT2D eigenvalue weighted by Gasteiger charge is -2.07. The van der Waals surface area contributed by atoms with Crippen molar-refractivity contribution in [1.29, 1.82) is 0 Å². The van der Waals surface area contributed by atoms with Gasteiger partial charge in [-0.15, -0.1) is 11.6 Å². The number of ether oxygens (including phenoxy) is 1. The second-order valence-electron chi connectivity index (χ2n) is 2.47. The maximum atomic E-state index is 10.7. The number of nitro benzene ring substituents is 1. The fourth-order valence-electron chi connectivity index (χ4n) is 1.11. The average molecular weight is 281 g/mol. The van der Waals surface area contributed by atoms with Gasteiger partial charge in [0.05, 0.1) is 27.9 Å². The minimum Gasteiger partial charge on any atom is -0.496 e. The zero-order valence-corrected chi connectivity index (χ0v) is 9.63. The molecule has 0 bridgehead atoms. The predicted molar refractivity (Wildman–Crippen MR) is 56.9 cm³/mol. The van der Waals surface area contributed by atoms with Crippen LogP contribution < -0.4 is 4.74 Å². The predicted octanol–water partition coefficient (Wildman–Crippen LogP) is 3.10. The van der Waals surface area contributed by atoms with E-state index in [0.29, 0.717) is 15.8 Å². The number of methoxy groups -OCH3 is 1. The summed E-state index contributed by atoms with van der Waals surface area (Å²) < 4.78 is 5.37. The topological polar surface area (TPSA) is 52.4 Å². The van der Waals surface area contributed by atoms with E-state index in [1.165, 1.54) is 7.11 Å². The maximum absolute atomic E-state index is 10.7. The molecule has 0 aliphatic heterocycles. The van der Waals surface area contributed by atoms with Crippen molar-refractivity contribution >= 4 is 33.2 Å². The molecule has 6 heteroatoms. The van der Waals surface area contributed by atoms with Crippen LogP contribution in [0.3, 0.4) is 0 Å². The molecule has 0 N–H and O–H groups in total. The number of rotatable bonds is 3. The summed E-state index contributed by atoms with van der Waals surface area (Å²) >= 11 is 8.72. The molecule has 76 valence electrons. The van der Waals surface area contributed by atoms with Crippen LogP contribution in [-0.4, -0.2) is 12.0 Å². The highest BCUT2D eigenvalue weighted by atomic mass is 79.9. The van der Waals surface area contributed by atoms with Crippen LogP contribution in [0.5, 0.6) is 5.75 Å². The highest BCUT2D eigenvalue weighted by Crippen LogP contribution is 2.36. The average Bonchev–Trinajstić information content (AvgIpc) is 2.16. The Kier molecular flexibility index (Phi) is 3.71. The molecule has 0 fully saturated rings. The van der Waals surface area contributed by atoms with Crippen LogP contribution in [0.2, 0.25) is 0 Å². The molecule has 0 aliphatic carbocycles. The zero-order chi connectivity index (χ0) is 10.7. The molecule has 0 aliphatic rings. The van der Waals surface area contributed by atoms with E-state index in [0.717, 1.165) is 0 Å². The number of halogens is 2. The number of benzene rings is 1. The molecule has 0 saturated heterocycles. The maximum Gasteiger partial charge on any atom is 0.291 e. The third-order valence-electron chi connectivity index (χ3n) is 1.73. The lowest BCUT2D eigenvalue weighted by atomic mass is 10.2. The van der Waals surface area contributed by atoms with Gasteiger partial charge in [0.25, 0.3) is 5.69 Å². The summed E-state index contributed by atoms with van der Waals surface area (Å²) in [6.07, 6.45) is 0. The quantitative estimate of drug-likeness (QED) is 0.485. The van der Waals surface area contributed by atoms with Gasteiger partial charge in [-0.2, -0.15) is 0 Å². The Labute approximate surface area is 94.1 Å². The fraction of sp³-hybridized carbons (Fsp3) is 0.250. The smallest absolute Gasteiger partial charge is 0.291 e. The molecule has 0 amide bonds. The first kappa shape index (κ1) is 11.3. The Morgan fingerprint density at radius 1 is 1.64 bits per heavy atom. The summed E-state index contributed by atoms with van der Waals surface area (Å²) in [6, 6.07) is 3.20. The summed E-state index contributed by atoms with van der Waals surface area (Å²) in [7, 11) is 1.45. The van der Waals surface area contributed by atoms with Crippen molar-refractivity contribution in [2.45, 2.75) is 5.88 Å². The van der Waals surface area contributed by atoms with E-state index >= 15 is 0 Å². The molecule has 1 aromatic carbocycles. The van der Waals surface area contributed by atoms with Crippen molar-refractivity contribution in [3.8, 4) is 5.75 Å². The highest BCUT2D eigenvalue weighted by Gasteiger charge is 2.21. The minimum absolute atomic E-state index is 0.0406. The molecule has 0 aromatic heterocycles. The molecule has 0 unspecified atom stereocenters. The summed E-state index contributed by atoms with van der Waals surface area (Å²) in [4.78, 5) is 10.2. The van der Waals surface area contributed by atoms with Crippen molar-refractivity contribution < 1.29 is 9.66 Å². The van der Waals surface area contributed by atoms with Gasteiger partial charge in [-0.25, -0.2) is 0 Å². The Hall–Kier alpha value is -0.810. The largest absolute Gasteiger partial charge is 0.496 e. The van der Waals surface area contributed by atoms with Gasteiger partial charge < -0.3 is 4.74 Å². The van der Waals surface area contributed by atoms with Crippen LogP contribution in [-0.2, 0) is 5.88 Å². The van der Waals surface area contributed by atoms with Gasteiger partial charge >= 0.3 is 0 Å². The number of nitrogens with zero attached hydrogens (tertiary/aromatic N) is 1. The van der Waals surface area contributed by atoms with Crippen molar-refractivity contribution in [3.05, 3.63) is 32.3 Å². The van der Waals surface area contributed by atoms with E-state index in [9.17, 15) is 10.1 Å². The van der Waals surface area contributed by atoms with Gasteiger partial charge in [-0.05, 0) is 28.1 Å². The SMILES string of the molecule is COc1ccc(Br)c([N+](=O)[O-])c1CCl. The third-order valence-corrected chi connectivity index (χ3v) is 2.63. The van der Waals surface area contributed by atoms with Crippen LogP contribution in [0.15, 0.2) is 16.6 Å². The fourth-order valence-corrected chi connectivity index (χ4v) is 1.88. The second-order valence-corrected chi connectivity index (χ2v) is 3.59. The molecule has 4 nitrogen and oxygen atoms in total. The molecular formula is C8H7BrClNO3. The van der Waals surface area contributed by atoms with E-state index < -0.39 is 4.92 Å². The number of alkyl halides is 1. The Morgan fingerprint density at radius 3 is 2.71 bits per heavy atom. The number of nitro groups is 1. The number of hydrogen-bond donors (Lipinski definition) is 0. The molecule has 0 heterocycles. The van der Waals surface area contributed by atoms with Crippen LogP contribution in [0.1, 0.15) is 5.56 Å². The molecular weight excluding hydrogens is 273 g/mol. The Bertz CT molecular complexity index is 370. The summed E-state index contributed by atoms with van der Waals surface area (Å²) in [6.45, 7) is 0. The summed E-state index contributed by atoms with van der Waals surface area (Å²) in [5, 5.41) is 10.7. The van der Waals surface area contributed by atoms with E-state index in [-0.39, 0.29) is 11.6 Å². The lowest BCUT2D eigenvalue weighted by Crippen LogP contribution is -1.98. The highest BCUT2D eigenvalue weighted by molar-refractivity contribution is 9.10. The van der Waals surface area contributed by atoms with Gasteiger partial charge in [0, 0.05) is 0 Å². The monoisotopic (exact) mass is 279 g/mol. The van der Waals surface area contributed by atoms with Gasteiger partial charge in [-0.3, -0.25) is 10.1 Å². The first-order valence-corrected chi connectivity index (χ1v) is 5.00. The summed E-state index contributed by atoms with van der Waals surface area (Å²) in [5.41, 5.74) is 0.341. The molecule has 0 radical (unpaired) electrons. The van der Waals surface area contributed by atoms with Crippen molar-refractivity contribution in [2.75, 3.05) is 7.11 Å². The lowest BCUT2D eigenvalue weighted by molar-refractivity contribution is -0.386. The van der Waals surface area contributed by atoms with E-state index in [4.69, 9.17) is 16.3 Å². The third kappa shape index (κ3) is 1.99. The standard InChI is InChI=1S/C8H7BrClNO3/c1-14-7-3-2-6(9)8(11(12)13)5(7)4-10/h2-3H,4H2,1H3. The van der Waals surface area contributed by atoms with Crippen LogP contribution >= 0.6 is 27.5 Å². The number of hydrogen-bond acceptors (Lipinski definition) is 3. The van der Waals surface area contributed by atoms with Crippen molar-refractivity contribution in [3.63, 3.8) is 0 Å². The second kappa shape index (κ2) is 4.61. The Balaban J connectivity index is 3.42. The van der Waals surface area contributed by atoms with E-state index in [1.807, 2.05) is 0 Å². The van der Waals surface area contributed by atoms with Gasteiger partial charge in [-0.1, -0.05) is 0 Å². The van der Waals surface area contributed by atoms with Gasteiger partial charge in [0.1, 0.15) is 5.75 Å². The normalized spacial score (nSPS) is 9.93. The molecule has 1 rings (SSSR count). The first-order chi connectivity index (χ1) is 6.61. The Morgan fingerprint density at radius 2 is 2.29 bits per heavy atom. The molecule has 0 spiro atoms.